The molecular weight excluding hydrogens is 384 g/mol. The fourth-order valence-corrected chi connectivity index (χ4v) is 4.84. The van der Waals surface area contributed by atoms with Gasteiger partial charge in [0, 0.05) is 11.6 Å². The Kier molecular flexibility index (Phi) is 8.19. The summed E-state index contributed by atoms with van der Waals surface area (Å²) in [7, 11) is 0. The highest BCUT2D eigenvalue weighted by Crippen LogP contribution is 2.24. The van der Waals surface area contributed by atoms with Crippen LogP contribution in [0.3, 0.4) is 0 Å². The van der Waals surface area contributed by atoms with Gasteiger partial charge in [-0.1, -0.05) is 51.2 Å². The zero-order chi connectivity index (χ0) is 20.6. The van der Waals surface area contributed by atoms with Crippen LogP contribution in [0, 0.1) is 6.92 Å². The van der Waals surface area contributed by atoms with Crippen LogP contribution in [0.4, 0.5) is 0 Å². The lowest BCUT2D eigenvalue weighted by Crippen LogP contribution is -2.39. The SMILES string of the molecule is CCc1ccc(-c2nc(C[S+]([O-])CC(=O)NC3CCCCCCC3)c(C)o2)cc1. The summed E-state index contributed by atoms with van der Waals surface area (Å²) in [6, 6.07) is 8.34. The highest BCUT2D eigenvalue weighted by Gasteiger charge is 2.22. The number of rotatable bonds is 7. The molecular formula is C23H32N2O3S. The third-order valence-electron chi connectivity index (χ3n) is 5.56. The minimum Gasteiger partial charge on any atom is -0.616 e. The van der Waals surface area contributed by atoms with Crippen molar-refractivity contribution in [3.05, 3.63) is 41.3 Å². The Hall–Kier alpha value is -1.79. The Morgan fingerprint density at radius 3 is 2.48 bits per heavy atom. The second-order valence-electron chi connectivity index (χ2n) is 7.91. The van der Waals surface area contributed by atoms with Gasteiger partial charge >= 0.3 is 0 Å². The van der Waals surface area contributed by atoms with Crippen molar-refractivity contribution in [3.8, 4) is 11.5 Å². The number of carbonyl (C=O) groups excluding carboxylic acids is 1. The van der Waals surface area contributed by atoms with E-state index in [0.717, 1.165) is 37.7 Å². The summed E-state index contributed by atoms with van der Waals surface area (Å²) in [5, 5.41) is 3.08. The Morgan fingerprint density at radius 1 is 1.17 bits per heavy atom. The molecule has 0 aliphatic heterocycles. The summed E-state index contributed by atoms with van der Waals surface area (Å²) in [5.41, 5.74) is 2.83. The number of hydrogen-bond donors (Lipinski definition) is 1. The molecule has 1 amide bonds. The maximum absolute atomic E-state index is 12.5. The van der Waals surface area contributed by atoms with E-state index in [9.17, 15) is 9.35 Å². The van der Waals surface area contributed by atoms with Gasteiger partial charge < -0.3 is 14.3 Å². The molecule has 2 aromatic rings. The first-order valence-corrected chi connectivity index (χ1v) is 12.2. The van der Waals surface area contributed by atoms with E-state index in [1.54, 1.807) is 0 Å². The lowest BCUT2D eigenvalue weighted by Gasteiger charge is -2.21. The Bertz CT molecular complexity index is 780. The summed E-state index contributed by atoms with van der Waals surface area (Å²) >= 11 is -1.31. The summed E-state index contributed by atoms with van der Waals surface area (Å²) in [6.45, 7) is 3.95. The summed E-state index contributed by atoms with van der Waals surface area (Å²) in [4.78, 5) is 16.9. The van der Waals surface area contributed by atoms with Gasteiger partial charge in [-0.15, -0.1) is 0 Å². The van der Waals surface area contributed by atoms with Crippen LogP contribution in [-0.2, 0) is 28.1 Å². The monoisotopic (exact) mass is 416 g/mol. The van der Waals surface area contributed by atoms with Crippen LogP contribution >= 0.6 is 0 Å². The van der Waals surface area contributed by atoms with Crippen LogP contribution in [0.5, 0.6) is 0 Å². The molecule has 1 aromatic carbocycles. The number of benzene rings is 1. The Labute approximate surface area is 176 Å². The number of amides is 1. The lowest BCUT2D eigenvalue weighted by molar-refractivity contribution is -0.119. The van der Waals surface area contributed by atoms with Crippen molar-refractivity contribution in [3.63, 3.8) is 0 Å². The fraction of sp³-hybridized carbons (Fsp3) is 0.565. The van der Waals surface area contributed by atoms with Crippen molar-refractivity contribution in [2.24, 2.45) is 0 Å². The van der Waals surface area contributed by atoms with Crippen LogP contribution in [0.1, 0.15) is 68.9 Å². The van der Waals surface area contributed by atoms with E-state index in [1.807, 2.05) is 19.1 Å². The van der Waals surface area contributed by atoms with Gasteiger partial charge in [-0.3, -0.25) is 4.79 Å². The number of oxazole rings is 1. The van der Waals surface area contributed by atoms with Gasteiger partial charge in [-0.25, -0.2) is 4.98 Å². The molecule has 1 unspecified atom stereocenters. The zero-order valence-electron chi connectivity index (χ0n) is 17.5. The van der Waals surface area contributed by atoms with Crippen molar-refractivity contribution < 1.29 is 13.8 Å². The number of aryl methyl sites for hydroxylation is 2. The zero-order valence-corrected chi connectivity index (χ0v) is 18.4. The van der Waals surface area contributed by atoms with Gasteiger partial charge in [0.25, 0.3) is 5.91 Å². The first-order chi connectivity index (χ1) is 14.0. The predicted octanol–water partition coefficient (Wildman–Crippen LogP) is 4.69. The average Bonchev–Trinajstić information content (AvgIpc) is 3.04. The first kappa shape index (κ1) is 21.9. The summed E-state index contributed by atoms with van der Waals surface area (Å²) < 4.78 is 18.3. The molecule has 29 heavy (non-hydrogen) atoms. The van der Waals surface area contributed by atoms with Crippen molar-refractivity contribution >= 4 is 17.1 Å². The molecule has 0 spiro atoms. The smallest absolute Gasteiger partial charge is 0.270 e. The van der Waals surface area contributed by atoms with Crippen LogP contribution in [0.15, 0.2) is 28.7 Å². The van der Waals surface area contributed by atoms with E-state index in [1.165, 1.54) is 24.8 Å². The minimum atomic E-state index is -1.31. The first-order valence-electron chi connectivity index (χ1n) is 10.7. The number of nitrogens with one attached hydrogen (secondary N) is 1. The molecule has 1 atom stereocenters. The molecule has 1 saturated carbocycles. The molecule has 1 heterocycles. The molecule has 1 aliphatic carbocycles. The van der Waals surface area contributed by atoms with E-state index >= 15 is 0 Å². The molecule has 1 N–H and O–H groups in total. The quantitative estimate of drug-likeness (QED) is 0.664. The third-order valence-corrected chi connectivity index (χ3v) is 6.74. The van der Waals surface area contributed by atoms with Crippen LogP contribution < -0.4 is 5.32 Å². The topological polar surface area (TPSA) is 78.2 Å². The van der Waals surface area contributed by atoms with Crippen molar-refractivity contribution in [2.75, 3.05) is 5.75 Å². The lowest BCUT2D eigenvalue weighted by atomic mass is 9.97. The Morgan fingerprint density at radius 2 is 1.83 bits per heavy atom. The maximum atomic E-state index is 12.5. The van der Waals surface area contributed by atoms with E-state index < -0.39 is 11.2 Å². The summed E-state index contributed by atoms with van der Waals surface area (Å²) in [5.74, 6) is 1.33. The standard InChI is InChI=1S/C23H32N2O3S/c1-3-18-11-13-19(14-12-18)23-25-21(17(2)28-23)15-29(27)16-22(26)24-20-9-7-5-4-6-8-10-20/h11-14,20H,3-10,15-16H2,1-2H3,(H,24,26). The second-order valence-corrected chi connectivity index (χ2v) is 9.37. The average molecular weight is 417 g/mol. The second kappa shape index (κ2) is 10.8. The molecule has 1 aromatic heterocycles. The Balaban J connectivity index is 1.53. The van der Waals surface area contributed by atoms with Crippen molar-refractivity contribution in [1.29, 1.82) is 0 Å². The molecule has 1 aliphatic rings. The van der Waals surface area contributed by atoms with Crippen LogP contribution in [-0.4, -0.2) is 27.2 Å². The van der Waals surface area contributed by atoms with Gasteiger partial charge in [0.05, 0.1) is 0 Å². The number of nitrogens with zero attached hydrogens (tertiary/aromatic N) is 1. The van der Waals surface area contributed by atoms with E-state index in [4.69, 9.17) is 4.42 Å². The number of carbonyl (C=O) groups is 1. The predicted molar refractivity (Wildman–Crippen MR) is 117 cm³/mol. The van der Waals surface area contributed by atoms with Gasteiger partial charge in [-0.2, -0.15) is 0 Å². The molecule has 3 rings (SSSR count). The van der Waals surface area contributed by atoms with Crippen LogP contribution in [0.25, 0.3) is 11.5 Å². The van der Waals surface area contributed by atoms with Gasteiger partial charge in [0.15, 0.2) is 11.5 Å². The van der Waals surface area contributed by atoms with E-state index in [2.05, 4.69) is 29.4 Å². The molecule has 6 heteroatoms. The molecule has 1 fully saturated rings. The van der Waals surface area contributed by atoms with Crippen LogP contribution in [0.2, 0.25) is 0 Å². The molecule has 158 valence electrons. The maximum Gasteiger partial charge on any atom is 0.270 e. The summed E-state index contributed by atoms with van der Waals surface area (Å²) in [6.07, 6.45) is 9.15. The minimum absolute atomic E-state index is 0.0172. The number of aromatic nitrogens is 1. The molecule has 0 radical (unpaired) electrons. The van der Waals surface area contributed by atoms with Gasteiger partial charge in [-0.05, 0) is 55.1 Å². The fourth-order valence-electron chi connectivity index (χ4n) is 3.79. The highest BCUT2D eigenvalue weighted by atomic mass is 32.2. The molecule has 5 nitrogen and oxygen atoms in total. The number of hydrogen-bond acceptors (Lipinski definition) is 4. The molecule has 0 bridgehead atoms. The van der Waals surface area contributed by atoms with Crippen molar-refractivity contribution in [1.82, 2.24) is 10.3 Å². The van der Waals surface area contributed by atoms with Gasteiger partial charge in [0.1, 0.15) is 11.5 Å². The highest BCUT2D eigenvalue weighted by molar-refractivity contribution is 7.91. The van der Waals surface area contributed by atoms with E-state index in [-0.39, 0.29) is 23.5 Å². The third kappa shape index (κ3) is 6.61. The largest absolute Gasteiger partial charge is 0.616 e. The van der Waals surface area contributed by atoms with Crippen molar-refractivity contribution in [2.45, 2.75) is 77.0 Å². The van der Waals surface area contributed by atoms with E-state index in [0.29, 0.717) is 17.3 Å². The van der Waals surface area contributed by atoms with Gasteiger partial charge in [0.2, 0.25) is 5.89 Å². The normalized spacial score (nSPS) is 16.8. The molecule has 0 saturated heterocycles.